The van der Waals surface area contributed by atoms with Crippen LogP contribution in [0.5, 0.6) is 5.75 Å². The van der Waals surface area contributed by atoms with Crippen molar-refractivity contribution < 1.29 is 9.13 Å². The number of ether oxygens (including phenoxy) is 1. The van der Waals surface area contributed by atoms with Crippen LogP contribution in [-0.4, -0.2) is 16.9 Å². The fourth-order valence-corrected chi connectivity index (χ4v) is 1.74. The van der Waals surface area contributed by atoms with Gasteiger partial charge in [-0.3, -0.25) is 4.68 Å². The first-order valence-corrected chi connectivity index (χ1v) is 5.17. The zero-order chi connectivity index (χ0) is 12.6. The molecular formula is C12H14FN3O. The van der Waals surface area contributed by atoms with Gasteiger partial charge in [-0.1, -0.05) is 0 Å². The lowest BCUT2D eigenvalue weighted by atomic mass is 10.1. The number of nitrogen functional groups attached to an aromatic ring is 1. The van der Waals surface area contributed by atoms with Crippen LogP contribution in [-0.2, 0) is 7.05 Å². The first-order valence-electron chi connectivity index (χ1n) is 5.17. The molecule has 1 aromatic carbocycles. The molecule has 0 fully saturated rings. The number of rotatable bonds is 2. The van der Waals surface area contributed by atoms with E-state index in [9.17, 15) is 4.39 Å². The smallest absolute Gasteiger partial charge is 0.166 e. The molecule has 0 aliphatic heterocycles. The van der Waals surface area contributed by atoms with Gasteiger partial charge in [0.25, 0.3) is 0 Å². The van der Waals surface area contributed by atoms with E-state index < -0.39 is 5.82 Å². The molecule has 0 bridgehead atoms. The van der Waals surface area contributed by atoms with Crippen molar-refractivity contribution in [3.8, 4) is 17.0 Å². The van der Waals surface area contributed by atoms with Gasteiger partial charge < -0.3 is 10.5 Å². The molecule has 2 rings (SSSR count). The van der Waals surface area contributed by atoms with Gasteiger partial charge in [0.2, 0.25) is 0 Å². The van der Waals surface area contributed by atoms with Crippen molar-refractivity contribution in [1.29, 1.82) is 0 Å². The van der Waals surface area contributed by atoms with Crippen LogP contribution in [0.4, 0.5) is 10.2 Å². The Morgan fingerprint density at radius 3 is 2.59 bits per heavy atom. The quantitative estimate of drug-likeness (QED) is 0.867. The monoisotopic (exact) mass is 235 g/mol. The zero-order valence-electron chi connectivity index (χ0n) is 9.99. The molecule has 2 N–H and O–H groups in total. The molecule has 0 spiro atoms. The highest BCUT2D eigenvalue weighted by Gasteiger charge is 2.15. The largest absolute Gasteiger partial charge is 0.493 e. The van der Waals surface area contributed by atoms with Crippen LogP contribution < -0.4 is 10.5 Å². The Balaban J connectivity index is 2.65. The highest BCUT2D eigenvalue weighted by Crippen LogP contribution is 2.33. The first kappa shape index (κ1) is 11.4. The van der Waals surface area contributed by atoms with Crippen molar-refractivity contribution in [3.63, 3.8) is 0 Å². The third kappa shape index (κ3) is 1.95. The van der Waals surface area contributed by atoms with Crippen molar-refractivity contribution in [2.45, 2.75) is 6.92 Å². The Morgan fingerprint density at radius 1 is 1.35 bits per heavy atom. The maximum absolute atomic E-state index is 13.7. The van der Waals surface area contributed by atoms with Gasteiger partial charge in [0, 0.05) is 18.7 Å². The zero-order valence-corrected chi connectivity index (χ0v) is 9.99. The lowest BCUT2D eigenvalue weighted by molar-refractivity contribution is 0.388. The standard InChI is InChI=1S/C12H14FN3O/c1-7-4-8(12(17-3)9(13)5-7)10-6-11(14)16(2)15-10/h4-6H,14H2,1-3H3. The van der Waals surface area contributed by atoms with Gasteiger partial charge >= 0.3 is 0 Å². The number of halogens is 1. The van der Waals surface area contributed by atoms with Gasteiger partial charge in [-0.2, -0.15) is 5.10 Å². The minimum Gasteiger partial charge on any atom is -0.493 e. The summed E-state index contributed by atoms with van der Waals surface area (Å²) in [4.78, 5) is 0. The van der Waals surface area contributed by atoms with E-state index in [1.165, 1.54) is 17.9 Å². The first-order chi connectivity index (χ1) is 8.02. The Kier molecular flexibility index (Phi) is 2.75. The summed E-state index contributed by atoms with van der Waals surface area (Å²) in [6.45, 7) is 1.82. The molecule has 2 aromatic rings. The van der Waals surface area contributed by atoms with Crippen LogP contribution >= 0.6 is 0 Å². The van der Waals surface area contributed by atoms with E-state index in [1.807, 2.05) is 13.0 Å². The lowest BCUT2D eigenvalue weighted by Gasteiger charge is -2.08. The van der Waals surface area contributed by atoms with E-state index in [-0.39, 0.29) is 5.75 Å². The van der Waals surface area contributed by atoms with Gasteiger partial charge in [-0.15, -0.1) is 0 Å². The maximum Gasteiger partial charge on any atom is 0.166 e. The predicted octanol–water partition coefficient (Wildman–Crippen LogP) is 2.13. The van der Waals surface area contributed by atoms with E-state index in [0.29, 0.717) is 17.1 Å². The summed E-state index contributed by atoms with van der Waals surface area (Å²) >= 11 is 0. The van der Waals surface area contributed by atoms with E-state index in [4.69, 9.17) is 10.5 Å². The summed E-state index contributed by atoms with van der Waals surface area (Å²) in [5, 5.41) is 4.22. The number of benzene rings is 1. The van der Waals surface area contributed by atoms with Crippen molar-refractivity contribution in [2.24, 2.45) is 7.05 Å². The third-order valence-electron chi connectivity index (χ3n) is 2.58. The molecule has 1 heterocycles. The van der Waals surface area contributed by atoms with Crippen molar-refractivity contribution in [2.75, 3.05) is 12.8 Å². The van der Waals surface area contributed by atoms with E-state index in [0.717, 1.165) is 5.56 Å². The summed E-state index contributed by atoms with van der Waals surface area (Å²) < 4.78 is 20.3. The molecule has 90 valence electrons. The molecule has 0 atom stereocenters. The Morgan fingerprint density at radius 2 is 2.06 bits per heavy atom. The minimum absolute atomic E-state index is 0.189. The average Bonchev–Trinajstić information content (AvgIpc) is 2.58. The van der Waals surface area contributed by atoms with Crippen molar-refractivity contribution >= 4 is 5.82 Å². The van der Waals surface area contributed by atoms with Gasteiger partial charge in [-0.25, -0.2) is 4.39 Å². The predicted molar refractivity (Wildman–Crippen MR) is 64.3 cm³/mol. The number of methoxy groups -OCH3 is 1. The topological polar surface area (TPSA) is 53.1 Å². The second-order valence-corrected chi connectivity index (χ2v) is 3.91. The summed E-state index contributed by atoms with van der Waals surface area (Å²) in [5.74, 6) is 0.310. The van der Waals surface area contributed by atoms with Gasteiger partial charge in [0.15, 0.2) is 11.6 Å². The molecule has 0 aliphatic carbocycles. The molecule has 0 unspecified atom stereocenters. The average molecular weight is 235 g/mol. The van der Waals surface area contributed by atoms with E-state index in [2.05, 4.69) is 5.10 Å². The summed E-state index contributed by atoms with van der Waals surface area (Å²) in [6.07, 6.45) is 0. The molecule has 17 heavy (non-hydrogen) atoms. The second-order valence-electron chi connectivity index (χ2n) is 3.91. The molecule has 0 saturated heterocycles. The number of anilines is 1. The fourth-order valence-electron chi connectivity index (χ4n) is 1.74. The Hall–Kier alpha value is -2.04. The number of aromatic nitrogens is 2. The molecule has 0 saturated carbocycles. The Labute approximate surface area is 98.8 Å². The van der Waals surface area contributed by atoms with Crippen LogP contribution in [0.2, 0.25) is 0 Å². The third-order valence-corrected chi connectivity index (χ3v) is 2.58. The van der Waals surface area contributed by atoms with Crippen molar-refractivity contribution in [1.82, 2.24) is 9.78 Å². The van der Waals surface area contributed by atoms with Crippen molar-refractivity contribution in [3.05, 3.63) is 29.6 Å². The number of hydrogen-bond donors (Lipinski definition) is 1. The lowest BCUT2D eigenvalue weighted by Crippen LogP contribution is -1.97. The summed E-state index contributed by atoms with van der Waals surface area (Å²) in [5.41, 5.74) is 7.73. The number of nitrogens with two attached hydrogens (primary N) is 1. The maximum atomic E-state index is 13.7. The van der Waals surface area contributed by atoms with E-state index in [1.54, 1.807) is 13.1 Å². The van der Waals surface area contributed by atoms with Crippen LogP contribution in [0.3, 0.4) is 0 Å². The number of nitrogens with zero attached hydrogens (tertiary/aromatic N) is 2. The molecule has 4 nitrogen and oxygen atoms in total. The number of aryl methyl sites for hydroxylation is 2. The summed E-state index contributed by atoms with van der Waals surface area (Å²) in [7, 11) is 3.17. The van der Waals surface area contributed by atoms with Crippen LogP contribution in [0.1, 0.15) is 5.56 Å². The van der Waals surface area contributed by atoms with Gasteiger partial charge in [0.05, 0.1) is 12.8 Å². The minimum atomic E-state index is -0.397. The number of hydrogen-bond acceptors (Lipinski definition) is 3. The fraction of sp³-hybridized carbons (Fsp3) is 0.250. The molecule has 5 heteroatoms. The molecule has 0 radical (unpaired) electrons. The Bertz CT molecular complexity index is 544. The SMILES string of the molecule is COc1c(F)cc(C)cc1-c1cc(N)n(C)n1. The molecular weight excluding hydrogens is 221 g/mol. The normalized spacial score (nSPS) is 10.6. The molecule has 1 aromatic heterocycles. The highest BCUT2D eigenvalue weighted by atomic mass is 19.1. The molecule has 0 amide bonds. The molecule has 0 aliphatic rings. The van der Waals surface area contributed by atoms with Crippen LogP contribution in [0.25, 0.3) is 11.3 Å². The van der Waals surface area contributed by atoms with Gasteiger partial charge in [0.1, 0.15) is 5.82 Å². The summed E-state index contributed by atoms with van der Waals surface area (Å²) in [6, 6.07) is 4.94. The van der Waals surface area contributed by atoms with Gasteiger partial charge in [-0.05, 0) is 24.6 Å². The van der Waals surface area contributed by atoms with Crippen LogP contribution in [0.15, 0.2) is 18.2 Å². The second kappa shape index (κ2) is 4.08. The van der Waals surface area contributed by atoms with Crippen LogP contribution in [0, 0.1) is 12.7 Å². The highest BCUT2D eigenvalue weighted by molar-refractivity contribution is 5.70. The van der Waals surface area contributed by atoms with E-state index >= 15 is 0 Å².